The van der Waals surface area contributed by atoms with Crippen LogP contribution in [0.25, 0.3) is 10.8 Å². The normalized spacial score (nSPS) is 10.6. The molecule has 5 heteroatoms. The zero-order valence-electron chi connectivity index (χ0n) is 13.8. The van der Waals surface area contributed by atoms with E-state index in [1.54, 1.807) is 12.4 Å². The molecule has 0 atom stereocenters. The summed E-state index contributed by atoms with van der Waals surface area (Å²) >= 11 is 0. The van der Waals surface area contributed by atoms with Gasteiger partial charge in [-0.2, -0.15) is 4.98 Å². The number of anilines is 4. The Hall–Kier alpha value is -3.47. The van der Waals surface area contributed by atoms with Crippen molar-refractivity contribution in [2.24, 2.45) is 0 Å². The van der Waals surface area contributed by atoms with E-state index in [0.717, 1.165) is 33.7 Å². The van der Waals surface area contributed by atoms with Gasteiger partial charge >= 0.3 is 0 Å². The fraction of sp³-hybridized carbons (Fsp3) is 0.0500. The standard InChI is InChI=1S/C20H17N5/c1-14-13-22-20(24-18(14)23-16-8-3-2-4-9-16)25-19-17-10-6-5-7-15(17)11-12-21-19/h2-13H,1H3,(H2,21,22,23,24,25). The predicted molar refractivity (Wildman–Crippen MR) is 102 cm³/mol. The lowest BCUT2D eigenvalue weighted by Gasteiger charge is -2.11. The molecule has 0 spiro atoms. The summed E-state index contributed by atoms with van der Waals surface area (Å²) in [6, 6.07) is 20.0. The second-order valence-corrected chi connectivity index (χ2v) is 5.72. The molecule has 0 bridgehead atoms. The molecule has 122 valence electrons. The molecule has 0 aliphatic carbocycles. The first kappa shape index (κ1) is 15.1. The molecule has 2 aromatic carbocycles. The molecule has 0 aliphatic heterocycles. The highest BCUT2D eigenvalue weighted by molar-refractivity contribution is 5.92. The van der Waals surface area contributed by atoms with Crippen LogP contribution in [-0.2, 0) is 0 Å². The van der Waals surface area contributed by atoms with Crippen LogP contribution in [0, 0.1) is 6.92 Å². The van der Waals surface area contributed by atoms with E-state index in [0.29, 0.717) is 5.95 Å². The van der Waals surface area contributed by atoms with E-state index in [1.807, 2.05) is 61.5 Å². The summed E-state index contributed by atoms with van der Waals surface area (Å²) in [6.45, 7) is 1.98. The largest absolute Gasteiger partial charge is 0.340 e. The molecule has 0 aliphatic rings. The summed E-state index contributed by atoms with van der Waals surface area (Å²) in [5, 5.41) is 8.71. The number of nitrogens with one attached hydrogen (secondary N) is 2. The van der Waals surface area contributed by atoms with Gasteiger partial charge in [-0.25, -0.2) is 9.97 Å². The fourth-order valence-corrected chi connectivity index (χ4v) is 2.61. The number of aromatic nitrogens is 3. The second kappa shape index (κ2) is 6.57. The minimum atomic E-state index is 0.507. The maximum Gasteiger partial charge on any atom is 0.230 e. The third-order valence-corrected chi connectivity index (χ3v) is 3.91. The van der Waals surface area contributed by atoms with Crippen molar-refractivity contribution in [3.63, 3.8) is 0 Å². The Morgan fingerprint density at radius 3 is 2.44 bits per heavy atom. The number of hydrogen-bond acceptors (Lipinski definition) is 5. The Morgan fingerprint density at radius 1 is 0.760 bits per heavy atom. The number of fused-ring (bicyclic) bond motifs is 1. The molecule has 2 N–H and O–H groups in total. The van der Waals surface area contributed by atoms with Gasteiger partial charge in [0, 0.05) is 29.0 Å². The van der Waals surface area contributed by atoms with Gasteiger partial charge in [-0.05, 0) is 30.5 Å². The van der Waals surface area contributed by atoms with Crippen LogP contribution < -0.4 is 10.6 Å². The number of nitrogens with zero attached hydrogens (tertiary/aromatic N) is 3. The summed E-state index contributed by atoms with van der Waals surface area (Å²) in [6.07, 6.45) is 3.58. The molecular weight excluding hydrogens is 310 g/mol. The van der Waals surface area contributed by atoms with E-state index >= 15 is 0 Å². The predicted octanol–water partition coefficient (Wildman–Crippen LogP) is 4.82. The van der Waals surface area contributed by atoms with Gasteiger partial charge in [0.1, 0.15) is 11.6 Å². The minimum Gasteiger partial charge on any atom is -0.340 e. The van der Waals surface area contributed by atoms with Gasteiger partial charge in [0.25, 0.3) is 0 Å². The zero-order valence-corrected chi connectivity index (χ0v) is 13.8. The number of para-hydroxylation sites is 1. The molecule has 4 aromatic rings. The first-order chi connectivity index (χ1) is 12.3. The van der Waals surface area contributed by atoms with Crippen LogP contribution in [0.4, 0.5) is 23.3 Å². The quantitative estimate of drug-likeness (QED) is 0.562. The first-order valence-electron chi connectivity index (χ1n) is 8.06. The Labute approximate surface area is 145 Å². The fourth-order valence-electron chi connectivity index (χ4n) is 2.61. The van der Waals surface area contributed by atoms with E-state index < -0.39 is 0 Å². The Kier molecular flexibility index (Phi) is 3.96. The lowest BCUT2D eigenvalue weighted by Crippen LogP contribution is -2.03. The molecule has 0 saturated carbocycles. The van der Waals surface area contributed by atoms with Crippen molar-refractivity contribution in [3.05, 3.63) is 78.6 Å². The number of benzene rings is 2. The van der Waals surface area contributed by atoms with E-state index in [4.69, 9.17) is 0 Å². The lowest BCUT2D eigenvalue weighted by molar-refractivity contribution is 1.12. The van der Waals surface area contributed by atoms with Crippen LogP contribution in [0.3, 0.4) is 0 Å². The summed E-state index contributed by atoms with van der Waals surface area (Å²) in [4.78, 5) is 13.4. The van der Waals surface area contributed by atoms with Crippen molar-refractivity contribution in [2.75, 3.05) is 10.6 Å². The summed E-state index contributed by atoms with van der Waals surface area (Å²) in [7, 11) is 0. The molecule has 0 amide bonds. The summed E-state index contributed by atoms with van der Waals surface area (Å²) in [5.41, 5.74) is 1.96. The molecule has 2 heterocycles. The van der Waals surface area contributed by atoms with Gasteiger partial charge in [-0.15, -0.1) is 0 Å². The molecule has 5 nitrogen and oxygen atoms in total. The van der Waals surface area contributed by atoms with Crippen LogP contribution in [0.2, 0.25) is 0 Å². The van der Waals surface area contributed by atoms with Gasteiger partial charge in [0.2, 0.25) is 5.95 Å². The van der Waals surface area contributed by atoms with E-state index in [9.17, 15) is 0 Å². The third-order valence-electron chi connectivity index (χ3n) is 3.91. The maximum absolute atomic E-state index is 4.60. The Balaban J connectivity index is 1.66. The topological polar surface area (TPSA) is 62.7 Å². The molecule has 0 saturated heterocycles. The van der Waals surface area contributed by atoms with E-state index in [1.165, 1.54) is 0 Å². The zero-order chi connectivity index (χ0) is 17.1. The summed E-state index contributed by atoms with van der Waals surface area (Å²) < 4.78 is 0. The molecule has 0 fully saturated rings. The average Bonchev–Trinajstić information content (AvgIpc) is 2.66. The SMILES string of the molecule is Cc1cnc(Nc2nccc3ccccc23)nc1Nc1ccccc1. The second-order valence-electron chi connectivity index (χ2n) is 5.72. The average molecular weight is 327 g/mol. The molecule has 0 radical (unpaired) electrons. The monoisotopic (exact) mass is 327 g/mol. The summed E-state index contributed by atoms with van der Waals surface area (Å²) in [5.74, 6) is 2.02. The van der Waals surface area contributed by atoms with Crippen LogP contribution in [0.5, 0.6) is 0 Å². The van der Waals surface area contributed by atoms with Crippen molar-refractivity contribution < 1.29 is 0 Å². The number of hydrogen-bond donors (Lipinski definition) is 2. The van der Waals surface area contributed by atoms with Gasteiger partial charge < -0.3 is 10.6 Å². The lowest BCUT2D eigenvalue weighted by atomic mass is 10.1. The number of pyridine rings is 1. The minimum absolute atomic E-state index is 0.507. The van der Waals surface area contributed by atoms with Crippen molar-refractivity contribution >= 4 is 34.0 Å². The van der Waals surface area contributed by atoms with Crippen molar-refractivity contribution in [2.45, 2.75) is 6.92 Å². The van der Waals surface area contributed by atoms with Gasteiger partial charge in [-0.3, -0.25) is 0 Å². The Bertz CT molecular complexity index is 1010. The van der Waals surface area contributed by atoms with Crippen molar-refractivity contribution in [3.8, 4) is 0 Å². The van der Waals surface area contributed by atoms with Crippen LogP contribution >= 0.6 is 0 Å². The van der Waals surface area contributed by atoms with Crippen LogP contribution in [0.15, 0.2) is 73.1 Å². The highest BCUT2D eigenvalue weighted by Crippen LogP contribution is 2.24. The maximum atomic E-state index is 4.60. The smallest absolute Gasteiger partial charge is 0.230 e. The van der Waals surface area contributed by atoms with E-state index in [2.05, 4.69) is 31.7 Å². The molecule has 25 heavy (non-hydrogen) atoms. The number of aryl methyl sites for hydroxylation is 1. The third kappa shape index (κ3) is 3.26. The van der Waals surface area contributed by atoms with Gasteiger partial charge in [-0.1, -0.05) is 42.5 Å². The van der Waals surface area contributed by atoms with Crippen LogP contribution in [0.1, 0.15) is 5.56 Å². The van der Waals surface area contributed by atoms with Gasteiger partial charge in [0.05, 0.1) is 0 Å². The highest BCUT2D eigenvalue weighted by Gasteiger charge is 2.07. The van der Waals surface area contributed by atoms with Gasteiger partial charge in [0.15, 0.2) is 0 Å². The highest BCUT2D eigenvalue weighted by atomic mass is 15.2. The molecule has 0 unspecified atom stereocenters. The molecular formula is C20H17N5. The van der Waals surface area contributed by atoms with Crippen LogP contribution in [-0.4, -0.2) is 15.0 Å². The first-order valence-corrected chi connectivity index (χ1v) is 8.06. The molecule has 4 rings (SSSR count). The van der Waals surface area contributed by atoms with E-state index in [-0.39, 0.29) is 0 Å². The number of rotatable bonds is 4. The van der Waals surface area contributed by atoms with Crippen molar-refractivity contribution in [1.82, 2.24) is 15.0 Å². The van der Waals surface area contributed by atoms with Crippen molar-refractivity contribution in [1.29, 1.82) is 0 Å². The Morgan fingerprint density at radius 2 is 1.56 bits per heavy atom. The molecule has 2 aromatic heterocycles.